The molecule has 0 radical (unpaired) electrons. The van der Waals surface area contributed by atoms with E-state index in [1.165, 1.54) is 6.07 Å². The maximum absolute atomic E-state index is 13.1. The van der Waals surface area contributed by atoms with Crippen LogP contribution in [0.25, 0.3) is 0 Å². The first-order valence-electron chi connectivity index (χ1n) is 6.38. The van der Waals surface area contributed by atoms with Crippen LogP contribution in [0.15, 0.2) is 18.2 Å². The van der Waals surface area contributed by atoms with Crippen molar-refractivity contribution in [2.75, 3.05) is 6.54 Å². The fraction of sp³-hybridized carbons (Fsp3) is 0.500. The third-order valence-corrected chi connectivity index (χ3v) is 3.09. The van der Waals surface area contributed by atoms with Gasteiger partial charge in [0.25, 0.3) is 0 Å². The summed E-state index contributed by atoms with van der Waals surface area (Å²) in [5.74, 6) is -1.61. The summed E-state index contributed by atoms with van der Waals surface area (Å²) >= 11 is 0. The molecule has 1 aromatic carbocycles. The second-order valence-corrected chi connectivity index (χ2v) is 4.84. The van der Waals surface area contributed by atoms with Crippen LogP contribution in [-0.4, -0.2) is 12.5 Å². The Labute approximate surface area is 112 Å². The van der Waals surface area contributed by atoms with Gasteiger partial charge in [-0.1, -0.05) is 13.0 Å². The molecule has 3 nitrogen and oxygen atoms in total. The third-order valence-electron chi connectivity index (χ3n) is 3.09. The van der Waals surface area contributed by atoms with Gasteiger partial charge in [-0.2, -0.15) is 0 Å². The van der Waals surface area contributed by atoms with E-state index in [4.69, 9.17) is 5.73 Å². The summed E-state index contributed by atoms with van der Waals surface area (Å²) < 4.78 is 25.9. The molecule has 19 heavy (non-hydrogen) atoms. The van der Waals surface area contributed by atoms with Crippen molar-refractivity contribution >= 4 is 5.91 Å². The van der Waals surface area contributed by atoms with E-state index < -0.39 is 11.6 Å². The summed E-state index contributed by atoms with van der Waals surface area (Å²) in [4.78, 5) is 11.7. The van der Waals surface area contributed by atoms with Crippen molar-refractivity contribution in [1.29, 1.82) is 0 Å². The lowest BCUT2D eigenvalue weighted by atomic mass is 10.0. The molecule has 0 aliphatic rings. The molecule has 1 aromatic rings. The number of nitrogens with one attached hydrogen (secondary N) is 1. The van der Waals surface area contributed by atoms with Crippen LogP contribution in [0.1, 0.15) is 38.3 Å². The van der Waals surface area contributed by atoms with Crippen LogP contribution in [0.5, 0.6) is 0 Å². The summed E-state index contributed by atoms with van der Waals surface area (Å²) in [5, 5.41) is 2.75. The fourth-order valence-electron chi connectivity index (χ4n) is 1.67. The Morgan fingerprint density at radius 2 is 2.00 bits per heavy atom. The molecule has 5 heteroatoms. The minimum atomic E-state index is -0.907. The molecule has 0 aromatic heterocycles. The first-order valence-corrected chi connectivity index (χ1v) is 6.38. The van der Waals surface area contributed by atoms with Gasteiger partial charge in [0.1, 0.15) is 0 Å². The maximum atomic E-state index is 13.1. The predicted octanol–water partition coefficient (Wildman–Crippen LogP) is 2.52. The molecule has 1 amide bonds. The van der Waals surface area contributed by atoms with Crippen molar-refractivity contribution in [1.82, 2.24) is 5.32 Å². The van der Waals surface area contributed by atoms with E-state index >= 15 is 0 Å². The monoisotopic (exact) mass is 270 g/mol. The standard InChI is InChI=1S/C14H20F2N2O/c1-9(8-17)3-6-14(19)18-10(2)11-4-5-12(15)13(16)7-11/h4-5,7,9-10H,3,6,8,17H2,1-2H3,(H,18,19). The molecular weight excluding hydrogens is 250 g/mol. The van der Waals surface area contributed by atoms with Crippen LogP contribution in [0.4, 0.5) is 8.78 Å². The lowest BCUT2D eigenvalue weighted by molar-refractivity contribution is -0.122. The molecule has 0 heterocycles. The lowest BCUT2D eigenvalue weighted by Gasteiger charge is -2.15. The van der Waals surface area contributed by atoms with Crippen molar-refractivity contribution in [2.24, 2.45) is 11.7 Å². The Kier molecular flexibility index (Phi) is 5.89. The Hall–Kier alpha value is -1.49. The summed E-state index contributed by atoms with van der Waals surface area (Å²) in [5.41, 5.74) is 6.01. The second-order valence-electron chi connectivity index (χ2n) is 4.84. The number of carbonyl (C=O) groups is 1. The molecule has 2 unspecified atom stereocenters. The SMILES string of the molecule is CC(CN)CCC(=O)NC(C)c1ccc(F)c(F)c1. The van der Waals surface area contributed by atoms with Crippen LogP contribution < -0.4 is 11.1 Å². The third kappa shape index (κ3) is 4.95. The quantitative estimate of drug-likeness (QED) is 0.834. The Bertz CT molecular complexity index is 437. The molecule has 106 valence electrons. The number of nitrogens with two attached hydrogens (primary N) is 1. The van der Waals surface area contributed by atoms with Gasteiger partial charge >= 0.3 is 0 Å². The zero-order valence-corrected chi connectivity index (χ0v) is 11.2. The Balaban J connectivity index is 2.51. The van der Waals surface area contributed by atoms with E-state index in [1.54, 1.807) is 6.92 Å². The number of halogens is 2. The van der Waals surface area contributed by atoms with Gasteiger partial charge in [0, 0.05) is 6.42 Å². The van der Waals surface area contributed by atoms with E-state index in [2.05, 4.69) is 5.32 Å². The van der Waals surface area contributed by atoms with Gasteiger partial charge in [-0.15, -0.1) is 0 Å². The number of benzene rings is 1. The zero-order valence-electron chi connectivity index (χ0n) is 11.2. The molecule has 0 saturated heterocycles. The average molecular weight is 270 g/mol. The van der Waals surface area contributed by atoms with Gasteiger partial charge < -0.3 is 11.1 Å². The smallest absolute Gasteiger partial charge is 0.220 e. The first kappa shape index (κ1) is 15.6. The van der Waals surface area contributed by atoms with Gasteiger partial charge in [-0.25, -0.2) is 8.78 Å². The highest BCUT2D eigenvalue weighted by Gasteiger charge is 2.12. The lowest BCUT2D eigenvalue weighted by Crippen LogP contribution is -2.27. The molecule has 2 atom stereocenters. The average Bonchev–Trinajstić information content (AvgIpc) is 2.38. The highest BCUT2D eigenvalue weighted by molar-refractivity contribution is 5.76. The van der Waals surface area contributed by atoms with E-state index in [1.807, 2.05) is 6.92 Å². The highest BCUT2D eigenvalue weighted by Crippen LogP contribution is 2.16. The van der Waals surface area contributed by atoms with E-state index in [-0.39, 0.29) is 11.9 Å². The topological polar surface area (TPSA) is 55.1 Å². The van der Waals surface area contributed by atoms with Gasteiger partial charge in [-0.3, -0.25) is 4.79 Å². The largest absolute Gasteiger partial charge is 0.350 e. The van der Waals surface area contributed by atoms with Gasteiger partial charge in [0.2, 0.25) is 5.91 Å². The molecule has 3 N–H and O–H groups in total. The first-order chi connectivity index (χ1) is 8.93. The molecule has 0 saturated carbocycles. The van der Waals surface area contributed by atoms with Gasteiger partial charge in [0.15, 0.2) is 11.6 Å². The van der Waals surface area contributed by atoms with Crippen LogP contribution in [0, 0.1) is 17.6 Å². The van der Waals surface area contributed by atoms with Gasteiger partial charge in [0.05, 0.1) is 6.04 Å². The number of carbonyl (C=O) groups excluding carboxylic acids is 1. The van der Waals surface area contributed by atoms with Gasteiger partial charge in [-0.05, 0) is 43.5 Å². The van der Waals surface area contributed by atoms with Crippen molar-refractivity contribution in [3.63, 3.8) is 0 Å². The summed E-state index contributed by atoms with van der Waals surface area (Å²) in [7, 11) is 0. The van der Waals surface area contributed by atoms with Crippen LogP contribution >= 0.6 is 0 Å². The van der Waals surface area contributed by atoms with Crippen molar-refractivity contribution in [3.05, 3.63) is 35.4 Å². The van der Waals surface area contributed by atoms with Crippen molar-refractivity contribution < 1.29 is 13.6 Å². The fourth-order valence-corrected chi connectivity index (χ4v) is 1.67. The normalized spacial score (nSPS) is 13.9. The Morgan fingerprint density at radius 1 is 1.32 bits per heavy atom. The van der Waals surface area contributed by atoms with Crippen molar-refractivity contribution in [3.8, 4) is 0 Å². The predicted molar refractivity (Wildman–Crippen MR) is 70.4 cm³/mol. The summed E-state index contributed by atoms with van der Waals surface area (Å²) in [6.07, 6.45) is 1.10. The van der Waals surface area contributed by atoms with Crippen LogP contribution in [0.2, 0.25) is 0 Å². The summed E-state index contributed by atoms with van der Waals surface area (Å²) in [6.45, 7) is 4.26. The minimum Gasteiger partial charge on any atom is -0.350 e. The second kappa shape index (κ2) is 7.19. The number of rotatable bonds is 6. The molecule has 0 fully saturated rings. The molecule has 0 aliphatic carbocycles. The van der Waals surface area contributed by atoms with Crippen molar-refractivity contribution in [2.45, 2.75) is 32.7 Å². The van der Waals surface area contributed by atoms with Crippen LogP contribution in [0.3, 0.4) is 0 Å². The molecular formula is C14H20F2N2O. The minimum absolute atomic E-state index is 0.113. The van der Waals surface area contributed by atoms with E-state index in [0.29, 0.717) is 30.9 Å². The zero-order chi connectivity index (χ0) is 14.4. The molecule has 0 aliphatic heterocycles. The van der Waals surface area contributed by atoms with Crippen LogP contribution in [-0.2, 0) is 4.79 Å². The summed E-state index contributed by atoms with van der Waals surface area (Å²) in [6, 6.07) is 3.27. The van der Waals surface area contributed by atoms with E-state index in [9.17, 15) is 13.6 Å². The number of amides is 1. The highest BCUT2D eigenvalue weighted by atomic mass is 19.2. The number of hydrogen-bond donors (Lipinski definition) is 2. The molecule has 1 rings (SSSR count). The Morgan fingerprint density at radius 3 is 2.58 bits per heavy atom. The number of hydrogen-bond acceptors (Lipinski definition) is 2. The molecule has 0 spiro atoms. The molecule has 0 bridgehead atoms. The van der Waals surface area contributed by atoms with E-state index in [0.717, 1.165) is 12.1 Å². The maximum Gasteiger partial charge on any atom is 0.220 e.